The molecule has 0 radical (unpaired) electrons. The smallest absolute Gasteiger partial charge is 0.255 e. The van der Waals surface area contributed by atoms with Crippen LogP contribution in [0.25, 0.3) is 0 Å². The molecule has 0 unspecified atom stereocenters. The van der Waals surface area contributed by atoms with Crippen LogP contribution in [0.1, 0.15) is 22.8 Å². The molecule has 2 amide bonds. The molecule has 0 bridgehead atoms. The lowest BCUT2D eigenvalue weighted by Crippen LogP contribution is -2.25. The molecule has 0 atom stereocenters. The predicted octanol–water partition coefficient (Wildman–Crippen LogP) is 3.64. The molecule has 2 aromatic carbocycles. The highest BCUT2D eigenvalue weighted by molar-refractivity contribution is 6.31. The van der Waals surface area contributed by atoms with E-state index < -0.39 is 5.82 Å². The predicted molar refractivity (Wildman–Crippen MR) is 87.5 cm³/mol. The normalized spacial score (nSPS) is 12.9. The number of rotatable bonds is 2. The van der Waals surface area contributed by atoms with E-state index in [1.165, 1.54) is 25.1 Å². The van der Waals surface area contributed by atoms with Crippen LogP contribution in [0.5, 0.6) is 0 Å². The van der Waals surface area contributed by atoms with E-state index in [4.69, 9.17) is 11.6 Å². The molecule has 1 N–H and O–H groups in total. The quantitative estimate of drug-likeness (QED) is 0.912. The second kappa shape index (κ2) is 6.01. The van der Waals surface area contributed by atoms with Crippen molar-refractivity contribution in [1.82, 2.24) is 0 Å². The summed E-state index contributed by atoms with van der Waals surface area (Å²) < 4.78 is 13.1. The number of hydrogen-bond donors (Lipinski definition) is 1. The fourth-order valence-electron chi connectivity index (χ4n) is 2.65. The lowest BCUT2D eigenvalue weighted by atomic mass is 10.1. The number of nitrogens with zero attached hydrogens (tertiary/aromatic N) is 1. The Morgan fingerprint density at radius 1 is 1.22 bits per heavy atom. The number of hydrogen-bond acceptors (Lipinski definition) is 2. The Labute approximate surface area is 137 Å². The van der Waals surface area contributed by atoms with Crippen LogP contribution in [0.3, 0.4) is 0 Å². The number of halogens is 2. The van der Waals surface area contributed by atoms with Crippen LogP contribution in [0.15, 0.2) is 36.4 Å². The van der Waals surface area contributed by atoms with E-state index in [0.717, 1.165) is 17.7 Å². The van der Waals surface area contributed by atoms with Gasteiger partial charge in [-0.05, 0) is 48.4 Å². The van der Waals surface area contributed by atoms with E-state index in [-0.39, 0.29) is 16.8 Å². The van der Waals surface area contributed by atoms with Gasteiger partial charge < -0.3 is 10.2 Å². The van der Waals surface area contributed by atoms with Gasteiger partial charge in [0, 0.05) is 30.4 Å². The topological polar surface area (TPSA) is 49.4 Å². The van der Waals surface area contributed by atoms with Crippen LogP contribution in [-0.2, 0) is 11.2 Å². The minimum atomic E-state index is -0.536. The zero-order chi connectivity index (χ0) is 16.6. The van der Waals surface area contributed by atoms with E-state index in [0.29, 0.717) is 17.8 Å². The van der Waals surface area contributed by atoms with Gasteiger partial charge in [-0.25, -0.2) is 4.39 Å². The summed E-state index contributed by atoms with van der Waals surface area (Å²) in [5.41, 5.74) is 2.71. The Morgan fingerprint density at radius 2 is 2.00 bits per heavy atom. The van der Waals surface area contributed by atoms with Crippen LogP contribution in [0.2, 0.25) is 5.02 Å². The van der Waals surface area contributed by atoms with Crippen molar-refractivity contribution >= 4 is 34.8 Å². The highest BCUT2D eigenvalue weighted by Crippen LogP contribution is 2.29. The highest BCUT2D eigenvalue weighted by Gasteiger charge is 2.23. The molecule has 23 heavy (non-hydrogen) atoms. The van der Waals surface area contributed by atoms with Crippen molar-refractivity contribution in [3.8, 4) is 0 Å². The Morgan fingerprint density at radius 3 is 2.70 bits per heavy atom. The summed E-state index contributed by atoms with van der Waals surface area (Å²) in [6.07, 6.45) is 0.721. The number of anilines is 2. The molecule has 0 saturated carbocycles. The van der Waals surface area contributed by atoms with E-state index in [1.54, 1.807) is 23.1 Å². The van der Waals surface area contributed by atoms with Crippen molar-refractivity contribution in [2.75, 3.05) is 16.8 Å². The lowest BCUT2D eigenvalue weighted by molar-refractivity contribution is -0.116. The largest absolute Gasteiger partial charge is 0.322 e. The molecule has 2 aromatic rings. The van der Waals surface area contributed by atoms with Gasteiger partial charge in [-0.1, -0.05) is 11.6 Å². The first-order valence-electron chi connectivity index (χ1n) is 7.13. The molecular weight excluding hydrogens is 319 g/mol. The van der Waals surface area contributed by atoms with Gasteiger partial charge in [0.1, 0.15) is 5.82 Å². The molecular formula is C17H14ClFN2O2. The first-order valence-corrected chi connectivity index (χ1v) is 7.51. The summed E-state index contributed by atoms with van der Waals surface area (Å²) in [5, 5.41) is 2.63. The van der Waals surface area contributed by atoms with Gasteiger partial charge in [0.25, 0.3) is 5.91 Å². The van der Waals surface area contributed by atoms with Gasteiger partial charge in [0.15, 0.2) is 0 Å². The summed E-state index contributed by atoms with van der Waals surface area (Å²) in [6, 6.07) is 9.23. The first-order chi connectivity index (χ1) is 11.0. The lowest BCUT2D eigenvalue weighted by Gasteiger charge is -2.14. The van der Waals surface area contributed by atoms with Crippen molar-refractivity contribution in [1.29, 1.82) is 0 Å². The third-order valence-electron chi connectivity index (χ3n) is 3.79. The Bertz CT molecular complexity index is 807. The maximum absolute atomic E-state index is 13.1. The van der Waals surface area contributed by atoms with Crippen molar-refractivity contribution < 1.29 is 14.0 Å². The molecule has 1 aliphatic rings. The van der Waals surface area contributed by atoms with Gasteiger partial charge in [-0.3, -0.25) is 9.59 Å². The van der Waals surface area contributed by atoms with Gasteiger partial charge in [-0.15, -0.1) is 0 Å². The molecule has 1 aliphatic heterocycles. The van der Waals surface area contributed by atoms with Crippen LogP contribution in [-0.4, -0.2) is 18.4 Å². The van der Waals surface area contributed by atoms with Crippen molar-refractivity contribution in [3.63, 3.8) is 0 Å². The average molecular weight is 333 g/mol. The molecule has 118 valence electrons. The van der Waals surface area contributed by atoms with Gasteiger partial charge in [0.2, 0.25) is 5.91 Å². The summed E-state index contributed by atoms with van der Waals surface area (Å²) >= 11 is 5.70. The zero-order valence-corrected chi connectivity index (χ0v) is 13.2. The molecule has 3 rings (SSSR count). The minimum Gasteiger partial charge on any atom is -0.322 e. The number of benzene rings is 2. The maximum atomic E-state index is 13.1. The van der Waals surface area contributed by atoms with E-state index in [2.05, 4.69) is 5.32 Å². The Balaban J connectivity index is 1.81. The SMILES string of the molecule is CC(=O)N1CCc2cc(C(=O)Nc3ccc(F)c(Cl)c3)ccc21. The molecule has 0 fully saturated rings. The summed E-state index contributed by atoms with van der Waals surface area (Å²) in [4.78, 5) is 25.5. The number of amides is 2. The second-order valence-corrected chi connectivity index (χ2v) is 5.75. The summed E-state index contributed by atoms with van der Waals surface area (Å²) in [5.74, 6) is -0.856. The van der Waals surface area contributed by atoms with Crippen LogP contribution in [0.4, 0.5) is 15.8 Å². The minimum absolute atomic E-state index is 0.0121. The van der Waals surface area contributed by atoms with Crippen LogP contribution >= 0.6 is 11.6 Å². The molecule has 0 spiro atoms. The molecule has 4 nitrogen and oxygen atoms in total. The highest BCUT2D eigenvalue weighted by atomic mass is 35.5. The summed E-state index contributed by atoms with van der Waals surface area (Å²) in [6.45, 7) is 2.15. The van der Waals surface area contributed by atoms with E-state index in [1.807, 2.05) is 0 Å². The molecule has 0 aliphatic carbocycles. The molecule has 6 heteroatoms. The van der Waals surface area contributed by atoms with Crippen LogP contribution < -0.4 is 10.2 Å². The average Bonchev–Trinajstić information content (AvgIpc) is 2.94. The molecule has 0 saturated heterocycles. The second-order valence-electron chi connectivity index (χ2n) is 5.35. The molecule has 0 aromatic heterocycles. The first kappa shape index (κ1) is 15.5. The Hall–Kier alpha value is -2.40. The standard InChI is InChI=1S/C17H14ClFN2O2/c1-10(22)21-7-6-11-8-12(2-5-16(11)21)17(23)20-13-3-4-15(19)14(18)9-13/h2-5,8-9H,6-7H2,1H3,(H,20,23). The fourth-order valence-corrected chi connectivity index (χ4v) is 2.83. The number of carbonyl (C=O) groups is 2. The van der Waals surface area contributed by atoms with Gasteiger partial charge in [0.05, 0.1) is 5.02 Å². The fraction of sp³-hybridized carbons (Fsp3) is 0.176. The zero-order valence-electron chi connectivity index (χ0n) is 12.4. The maximum Gasteiger partial charge on any atom is 0.255 e. The third kappa shape index (κ3) is 3.05. The van der Waals surface area contributed by atoms with Crippen LogP contribution in [0, 0.1) is 5.82 Å². The van der Waals surface area contributed by atoms with Crippen molar-refractivity contribution in [2.24, 2.45) is 0 Å². The van der Waals surface area contributed by atoms with E-state index >= 15 is 0 Å². The van der Waals surface area contributed by atoms with E-state index in [9.17, 15) is 14.0 Å². The third-order valence-corrected chi connectivity index (χ3v) is 4.08. The van der Waals surface area contributed by atoms with Crippen molar-refractivity contribution in [3.05, 3.63) is 58.4 Å². The van der Waals surface area contributed by atoms with Gasteiger partial charge >= 0.3 is 0 Å². The van der Waals surface area contributed by atoms with Gasteiger partial charge in [-0.2, -0.15) is 0 Å². The number of carbonyl (C=O) groups excluding carboxylic acids is 2. The Kier molecular flexibility index (Phi) is 4.05. The number of fused-ring (bicyclic) bond motifs is 1. The molecule has 1 heterocycles. The van der Waals surface area contributed by atoms with Crippen molar-refractivity contribution in [2.45, 2.75) is 13.3 Å². The number of nitrogens with one attached hydrogen (secondary N) is 1. The monoisotopic (exact) mass is 332 g/mol. The summed E-state index contributed by atoms with van der Waals surface area (Å²) in [7, 11) is 0.